The molecular formula is C20H34N2O. The molecule has 23 heavy (non-hydrogen) atoms. The molecule has 1 aromatic rings. The summed E-state index contributed by atoms with van der Waals surface area (Å²) in [7, 11) is 2.27. The summed E-state index contributed by atoms with van der Waals surface area (Å²) in [6.07, 6.45) is 8.07. The lowest BCUT2D eigenvalue weighted by atomic mass is 9.94. The van der Waals surface area contributed by atoms with Gasteiger partial charge in [0.25, 0.3) is 0 Å². The Hall–Kier alpha value is -1.22. The van der Waals surface area contributed by atoms with Crippen LogP contribution < -0.4 is 10.1 Å². The van der Waals surface area contributed by atoms with Crippen molar-refractivity contribution in [3.63, 3.8) is 0 Å². The van der Waals surface area contributed by atoms with Crippen molar-refractivity contribution in [1.29, 1.82) is 0 Å². The fraction of sp³-hybridized carbons (Fsp3) is 0.700. The highest BCUT2D eigenvalue weighted by atomic mass is 16.5. The molecule has 0 radical (unpaired) electrons. The number of anilines is 1. The van der Waals surface area contributed by atoms with Crippen LogP contribution in [0.5, 0.6) is 5.75 Å². The Kier molecular flexibility index (Phi) is 7.73. The summed E-state index contributed by atoms with van der Waals surface area (Å²) in [6.45, 7) is 7.34. The quantitative estimate of drug-likeness (QED) is 0.708. The summed E-state index contributed by atoms with van der Waals surface area (Å²) in [5, 5.41) is 3.53. The maximum Gasteiger partial charge on any atom is 0.121 e. The van der Waals surface area contributed by atoms with Crippen LogP contribution >= 0.6 is 0 Å². The zero-order valence-corrected chi connectivity index (χ0v) is 15.2. The first-order chi connectivity index (χ1) is 11.1. The first-order valence-corrected chi connectivity index (χ1v) is 9.32. The average molecular weight is 319 g/mol. The van der Waals surface area contributed by atoms with Crippen molar-refractivity contribution in [3.05, 3.63) is 24.3 Å². The maximum absolute atomic E-state index is 5.83. The van der Waals surface area contributed by atoms with E-state index < -0.39 is 0 Å². The van der Waals surface area contributed by atoms with Crippen molar-refractivity contribution in [1.82, 2.24) is 4.90 Å². The molecule has 0 heterocycles. The molecule has 0 bridgehead atoms. The van der Waals surface area contributed by atoms with Crippen LogP contribution in [-0.2, 0) is 0 Å². The van der Waals surface area contributed by atoms with Crippen LogP contribution in [0.1, 0.15) is 52.4 Å². The number of ether oxygens (including phenoxy) is 1. The van der Waals surface area contributed by atoms with Gasteiger partial charge < -0.3 is 15.0 Å². The van der Waals surface area contributed by atoms with E-state index in [-0.39, 0.29) is 0 Å². The molecule has 1 fully saturated rings. The third-order valence-electron chi connectivity index (χ3n) is 4.79. The SMILES string of the molecule is CC(C)CCOc1cccc(NCCN(C)C2CCCCC2)c1. The molecule has 3 heteroatoms. The van der Waals surface area contributed by atoms with Gasteiger partial charge in [-0.15, -0.1) is 0 Å². The molecule has 0 aliphatic heterocycles. The van der Waals surface area contributed by atoms with E-state index in [4.69, 9.17) is 4.74 Å². The highest BCUT2D eigenvalue weighted by Crippen LogP contribution is 2.21. The molecule has 1 aromatic carbocycles. The fourth-order valence-electron chi connectivity index (χ4n) is 3.19. The number of benzene rings is 1. The molecule has 1 aliphatic rings. The Balaban J connectivity index is 1.70. The van der Waals surface area contributed by atoms with Gasteiger partial charge in [-0.3, -0.25) is 0 Å². The smallest absolute Gasteiger partial charge is 0.121 e. The van der Waals surface area contributed by atoms with Gasteiger partial charge in [-0.25, -0.2) is 0 Å². The van der Waals surface area contributed by atoms with Gasteiger partial charge in [-0.05, 0) is 44.4 Å². The molecule has 0 amide bonds. The number of nitrogens with one attached hydrogen (secondary N) is 1. The van der Waals surface area contributed by atoms with Gasteiger partial charge in [0.1, 0.15) is 5.75 Å². The van der Waals surface area contributed by atoms with Crippen molar-refractivity contribution in [3.8, 4) is 5.75 Å². The molecule has 130 valence electrons. The molecular weight excluding hydrogens is 284 g/mol. The lowest BCUT2D eigenvalue weighted by Crippen LogP contribution is -2.36. The van der Waals surface area contributed by atoms with Crippen molar-refractivity contribution < 1.29 is 4.74 Å². The molecule has 1 N–H and O–H groups in total. The van der Waals surface area contributed by atoms with Crippen LogP contribution in [0.25, 0.3) is 0 Å². The van der Waals surface area contributed by atoms with Gasteiger partial charge in [-0.2, -0.15) is 0 Å². The Morgan fingerprint density at radius 2 is 2.00 bits per heavy atom. The summed E-state index contributed by atoms with van der Waals surface area (Å²) in [5.74, 6) is 1.66. The fourth-order valence-corrected chi connectivity index (χ4v) is 3.19. The van der Waals surface area contributed by atoms with E-state index in [0.717, 1.165) is 43.6 Å². The van der Waals surface area contributed by atoms with E-state index in [1.165, 1.54) is 32.1 Å². The summed E-state index contributed by atoms with van der Waals surface area (Å²) in [6, 6.07) is 9.13. The number of rotatable bonds is 9. The van der Waals surface area contributed by atoms with Crippen LogP contribution in [0.4, 0.5) is 5.69 Å². The molecule has 0 saturated heterocycles. The second kappa shape index (κ2) is 9.82. The summed E-state index contributed by atoms with van der Waals surface area (Å²) in [5.41, 5.74) is 1.16. The molecule has 2 rings (SSSR count). The van der Waals surface area contributed by atoms with Crippen LogP contribution in [0.2, 0.25) is 0 Å². The second-order valence-corrected chi connectivity index (χ2v) is 7.26. The number of nitrogens with zero attached hydrogens (tertiary/aromatic N) is 1. The third-order valence-corrected chi connectivity index (χ3v) is 4.79. The van der Waals surface area contributed by atoms with E-state index >= 15 is 0 Å². The molecule has 1 saturated carbocycles. The Morgan fingerprint density at radius 3 is 2.74 bits per heavy atom. The highest BCUT2D eigenvalue weighted by Gasteiger charge is 2.17. The number of likely N-dealkylation sites (N-methyl/N-ethyl adjacent to an activating group) is 1. The van der Waals surface area contributed by atoms with E-state index in [1.807, 2.05) is 6.07 Å². The van der Waals surface area contributed by atoms with Gasteiger partial charge in [-0.1, -0.05) is 39.2 Å². The largest absolute Gasteiger partial charge is 0.494 e. The monoisotopic (exact) mass is 318 g/mol. The number of hydrogen-bond acceptors (Lipinski definition) is 3. The molecule has 3 nitrogen and oxygen atoms in total. The molecule has 1 aliphatic carbocycles. The first-order valence-electron chi connectivity index (χ1n) is 9.32. The minimum Gasteiger partial charge on any atom is -0.494 e. The lowest BCUT2D eigenvalue weighted by molar-refractivity contribution is 0.198. The van der Waals surface area contributed by atoms with Gasteiger partial charge in [0.05, 0.1) is 6.61 Å². The van der Waals surface area contributed by atoms with Crippen molar-refractivity contribution in [2.24, 2.45) is 5.92 Å². The maximum atomic E-state index is 5.83. The number of hydrogen-bond donors (Lipinski definition) is 1. The lowest BCUT2D eigenvalue weighted by Gasteiger charge is -2.31. The molecule has 0 aromatic heterocycles. The standard InChI is InChI=1S/C20H34N2O/c1-17(2)12-15-23-20-11-7-8-18(16-20)21-13-14-22(3)19-9-5-4-6-10-19/h7-8,11,16-17,19,21H,4-6,9-10,12-15H2,1-3H3. The second-order valence-electron chi connectivity index (χ2n) is 7.26. The van der Waals surface area contributed by atoms with Crippen molar-refractivity contribution in [2.45, 2.75) is 58.4 Å². The molecule has 0 spiro atoms. The van der Waals surface area contributed by atoms with Crippen molar-refractivity contribution >= 4 is 5.69 Å². The first kappa shape index (κ1) is 18.1. The predicted molar refractivity (Wildman–Crippen MR) is 99.4 cm³/mol. The van der Waals surface area contributed by atoms with Crippen LogP contribution in [-0.4, -0.2) is 37.7 Å². The topological polar surface area (TPSA) is 24.5 Å². The zero-order chi connectivity index (χ0) is 16.5. The van der Waals surface area contributed by atoms with Gasteiger partial charge in [0.15, 0.2) is 0 Å². The Bertz CT molecular complexity index is 441. The van der Waals surface area contributed by atoms with E-state index in [1.54, 1.807) is 0 Å². The van der Waals surface area contributed by atoms with E-state index in [2.05, 4.69) is 49.3 Å². The predicted octanol–water partition coefficient (Wildman–Crippen LogP) is 4.79. The van der Waals surface area contributed by atoms with Crippen LogP contribution in [0, 0.1) is 5.92 Å². The zero-order valence-electron chi connectivity index (χ0n) is 15.2. The van der Waals surface area contributed by atoms with Crippen molar-refractivity contribution in [2.75, 3.05) is 32.1 Å². The van der Waals surface area contributed by atoms with E-state index in [9.17, 15) is 0 Å². The van der Waals surface area contributed by atoms with E-state index in [0.29, 0.717) is 5.92 Å². The molecule has 0 atom stereocenters. The van der Waals surface area contributed by atoms with Gasteiger partial charge in [0.2, 0.25) is 0 Å². The molecule has 0 unspecified atom stereocenters. The minimum atomic E-state index is 0.687. The normalized spacial score (nSPS) is 16.0. The Morgan fingerprint density at radius 1 is 1.22 bits per heavy atom. The average Bonchev–Trinajstić information content (AvgIpc) is 2.56. The third kappa shape index (κ3) is 6.82. The summed E-state index contributed by atoms with van der Waals surface area (Å²) in [4.78, 5) is 2.52. The van der Waals surface area contributed by atoms with Crippen LogP contribution in [0.15, 0.2) is 24.3 Å². The van der Waals surface area contributed by atoms with Crippen LogP contribution in [0.3, 0.4) is 0 Å². The Labute approximate surface area is 142 Å². The van der Waals surface area contributed by atoms with Gasteiger partial charge in [0, 0.05) is 30.9 Å². The van der Waals surface area contributed by atoms with Gasteiger partial charge >= 0.3 is 0 Å². The minimum absolute atomic E-state index is 0.687. The summed E-state index contributed by atoms with van der Waals surface area (Å²) < 4.78 is 5.83. The highest BCUT2D eigenvalue weighted by molar-refractivity contribution is 5.48. The summed E-state index contributed by atoms with van der Waals surface area (Å²) >= 11 is 0.